The number of fused-ring (bicyclic) bond motifs is 1. The zero-order chi connectivity index (χ0) is 17.2. The fourth-order valence-electron chi connectivity index (χ4n) is 2.92. The highest BCUT2D eigenvalue weighted by Crippen LogP contribution is 2.24. The largest absolute Gasteiger partial charge is 0.277 e. The summed E-state index contributed by atoms with van der Waals surface area (Å²) in [5, 5.41) is 0. The van der Waals surface area contributed by atoms with Gasteiger partial charge in [0.2, 0.25) is 0 Å². The predicted molar refractivity (Wildman–Crippen MR) is 104 cm³/mol. The first kappa shape index (κ1) is 15.3. The van der Waals surface area contributed by atoms with Gasteiger partial charge in [-0.25, -0.2) is 9.97 Å². The molecule has 122 valence electrons. The lowest BCUT2D eigenvalue weighted by atomic mass is 10.1. The molecule has 2 aromatic carbocycles. The monoisotopic (exact) mass is 325 g/mol. The Labute approximate surface area is 147 Å². The Balaban J connectivity index is 1.92. The maximum absolute atomic E-state index is 4.84. The Morgan fingerprint density at radius 2 is 1.60 bits per heavy atom. The van der Waals surface area contributed by atoms with Crippen molar-refractivity contribution in [3.8, 4) is 5.82 Å². The summed E-state index contributed by atoms with van der Waals surface area (Å²) in [6.45, 7) is 4.25. The number of aryl methyl sites for hydroxylation is 2. The lowest BCUT2D eigenvalue weighted by Gasteiger charge is -2.07. The summed E-state index contributed by atoms with van der Waals surface area (Å²) in [6, 6.07) is 20.5. The van der Waals surface area contributed by atoms with E-state index in [0.29, 0.717) is 0 Å². The number of imidazole rings is 1. The summed E-state index contributed by atoms with van der Waals surface area (Å²) in [6.07, 6.45) is 5.95. The number of aromatic nitrogens is 3. The number of hydrogen-bond donors (Lipinski definition) is 0. The second-order valence-electron chi connectivity index (χ2n) is 6.16. The molecule has 0 amide bonds. The molecule has 2 heterocycles. The van der Waals surface area contributed by atoms with Crippen molar-refractivity contribution >= 4 is 23.2 Å². The van der Waals surface area contributed by atoms with Crippen molar-refractivity contribution in [2.45, 2.75) is 13.8 Å². The van der Waals surface area contributed by atoms with E-state index < -0.39 is 0 Å². The van der Waals surface area contributed by atoms with Gasteiger partial charge in [0.1, 0.15) is 11.6 Å². The van der Waals surface area contributed by atoms with Crippen LogP contribution < -0.4 is 0 Å². The summed E-state index contributed by atoms with van der Waals surface area (Å²) in [7, 11) is 0. The molecule has 25 heavy (non-hydrogen) atoms. The van der Waals surface area contributed by atoms with Crippen LogP contribution in [0.3, 0.4) is 0 Å². The summed E-state index contributed by atoms with van der Waals surface area (Å²) >= 11 is 0. The van der Waals surface area contributed by atoms with Crippen molar-refractivity contribution in [1.29, 1.82) is 0 Å². The normalized spacial score (nSPS) is 11.4. The Morgan fingerprint density at radius 1 is 0.840 bits per heavy atom. The number of benzene rings is 2. The van der Waals surface area contributed by atoms with E-state index in [1.165, 1.54) is 11.1 Å². The van der Waals surface area contributed by atoms with Crippen LogP contribution in [-0.4, -0.2) is 14.5 Å². The minimum atomic E-state index is 0.876. The van der Waals surface area contributed by atoms with E-state index in [-0.39, 0.29) is 0 Å². The first-order chi connectivity index (χ1) is 12.2. The fraction of sp³-hybridized carbons (Fsp3) is 0.0909. The Hall–Kier alpha value is -3.20. The number of pyridine rings is 1. The second kappa shape index (κ2) is 6.36. The van der Waals surface area contributed by atoms with Crippen molar-refractivity contribution in [3.05, 3.63) is 89.4 Å². The van der Waals surface area contributed by atoms with Gasteiger partial charge in [0.15, 0.2) is 0 Å². The quantitative estimate of drug-likeness (QED) is 0.518. The second-order valence-corrected chi connectivity index (χ2v) is 6.16. The minimum Gasteiger partial charge on any atom is -0.277 e. The van der Waals surface area contributed by atoms with Gasteiger partial charge >= 0.3 is 0 Å². The molecule has 0 aliphatic rings. The topological polar surface area (TPSA) is 30.7 Å². The van der Waals surface area contributed by atoms with Gasteiger partial charge in [-0.3, -0.25) is 4.57 Å². The van der Waals surface area contributed by atoms with Gasteiger partial charge in [-0.15, -0.1) is 0 Å². The third-order valence-corrected chi connectivity index (χ3v) is 4.40. The molecule has 0 unspecified atom stereocenters. The predicted octanol–water partition coefficient (Wildman–Crippen LogP) is 5.21. The van der Waals surface area contributed by atoms with E-state index in [1.807, 2.05) is 42.6 Å². The SMILES string of the molecule is Cc1cc2nc(/C=C/c3ccccc3)n(-c3ccccn3)c2cc1C. The Kier molecular flexibility index (Phi) is 3.90. The van der Waals surface area contributed by atoms with Gasteiger partial charge in [0.25, 0.3) is 0 Å². The molecule has 0 saturated heterocycles. The summed E-state index contributed by atoms with van der Waals surface area (Å²) < 4.78 is 2.11. The van der Waals surface area contributed by atoms with Gasteiger partial charge in [-0.2, -0.15) is 0 Å². The van der Waals surface area contributed by atoms with Crippen LogP contribution in [0.4, 0.5) is 0 Å². The molecule has 0 saturated carbocycles. The highest BCUT2D eigenvalue weighted by atomic mass is 15.1. The van der Waals surface area contributed by atoms with E-state index in [2.05, 4.69) is 59.8 Å². The fourth-order valence-corrected chi connectivity index (χ4v) is 2.92. The molecule has 3 nitrogen and oxygen atoms in total. The molecule has 0 atom stereocenters. The maximum atomic E-state index is 4.84. The Morgan fingerprint density at radius 3 is 2.36 bits per heavy atom. The standard InChI is InChI=1S/C22H19N3/c1-16-14-19-20(15-17(16)2)25(21-10-6-7-13-23-21)22(24-19)12-11-18-8-4-3-5-9-18/h3-15H,1-2H3/b12-11+. The molecule has 0 radical (unpaired) electrons. The summed E-state index contributed by atoms with van der Waals surface area (Å²) in [5.74, 6) is 1.75. The van der Waals surface area contributed by atoms with Crippen LogP contribution >= 0.6 is 0 Å². The molecule has 0 bridgehead atoms. The lowest BCUT2D eigenvalue weighted by Crippen LogP contribution is -1.99. The van der Waals surface area contributed by atoms with Crippen molar-refractivity contribution in [3.63, 3.8) is 0 Å². The molecule has 0 aliphatic carbocycles. The molecule has 0 fully saturated rings. The minimum absolute atomic E-state index is 0.876. The summed E-state index contributed by atoms with van der Waals surface area (Å²) in [4.78, 5) is 9.37. The van der Waals surface area contributed by atoms with Crippen LogP contribution in [0, 0.1) is 13.8 Å². The zero-order valence-corrected chi connectivity index (χ0v) is 14.3. The van der Waals surface area contributed by atoms with Crippen molar-refractivity contribution in [1.82, 2.24) is 14.5 Å². The van der Waals surface area contributed by atoms with E-state index in [4.69, 9.17) is 4.98 Å². The van der Waals surface area contributed by atoms with Crippen molar-refractivity contribution in [2.75, 3.05) is 0 Å². The van der Waals surface area contributed by atoms with E-state index in [1.54, 1.807) is 0 Å². The van der Waals surface area contributed by atoms with E-state index in [9.17, 15) is 0 Å². The van der Waals surface area contributed by atoms with E-state index >= 15 is 0 Å². The van der Waals surface area contributed by atoms with Gasteiger partial charge in [-0.1, -0.05) is 42.5 Å². The smallest absolute Gasteiger partial charge is 0.139 e. The van der Waals surface area contributed by atoms with Gasteiger partial charge in [-0.05, 0) is 60.9 Å². The molecule has 3 heteroatoms. The lowest BCUT2D eigenvalue weighted by molar-refractivity contribution is 1.00. The molecular formula is C22H19N3. The number of rotatable bonds is 3. The third kappa shape index (κ3) is 2.96. The van der Waals surface area contributed by atoms with Gasteiger partial charge in [0, 0.05) is 6.20 Å². The van der Waals surface area contributed by atoms with Crippen LogP contribution in [0.15, 0.2) is 66.9 Å². The third-order valence-electron chi connectivity index (χ3n) is 4.40. The molecule has 2 aromatic heterocycles. The molecule has 4 rings (SSSR count). The Bertz CT molecular complexity index is 1050. The van der Waals surface area contributed by atoms with Crippen LogP contribution in [0.5, 0.6) is 0 Å². The average molecular weight is 325 g/mol. The summed E-state index contributed by atoms with van der Waals surface area (Å²) in [5.41, 5.74) is 5.71. The van der Waals surface area contributed by atoms with E-state index in [0.717, 1.165) is 28.2 Å². The maximum Gasteiger partial charge on any atom is 0.139 e. The highest BCUT2D eigenvalue weighted by molar-refractivity contribution is 5.83. The highest BCUT2D eigenvalue weighted by Gasteiger charge is 2.12. The van der Waals surface area contributed by atoms with Crippen LogP contribution in [0.2, 0.25) is 0 Å². The molecule has 0 spiro atoms. The van der Waals surface area contributed by atoms with Crippen LogP contribution in [-0.2, 0) is 0 Å². The average Bonchev–Trinajstić information content (AvgIpc) is 2.99. The molecule has 0 N–H and O–H groups in total. The van der Waals surface area contributed by atoms with Gasteiger partial charge in [0.05, 0.1) is 11.0 Å². The first-order valence-electron chi connectivity index (χ1n) is 8.36. The van der Waals surface area contributed by atoms with Crippen LogP contribution in [0.25, 0.3) is 29.0 Å². The number of nitrogens with zero attached hydrogens (tertiary/aromatic N) is 3. The first-order valence-corrected chi connectivity index (χ1v) is 8.36. The molecule has 0 aliphatic heterocycles. The van der Waals surface area contributed by atoms with Crippen molar-refractivity contribution < 1.29 is 0 Å². The van der Waals surface area contributed by atoms with Gasteiger partial charge < -0.3 is 0 Å². The number of hydrogen-bond acceptors (Lipinski definition) is 2. The van der Waals surface area contributed by atoms with Crippen molar-refractivity contribution in [2.24, 2.45) is 0 Å². The molecular weight excluding hydrogens is 306 g/mol. The molecule has 4 aromatic rings. The zero-order valence-electron chi connectivity index (χ0n) is 14.3. The van der Waals surface area contributed by atoms with Crippen LogP contribution in [0.1, 0.15) is 22.5 Å².